The van der Waals surface area contributed by atoms with Gasteiger partial charge in [-0.1, -0.05) is 0 Å². The van der Waals surface area contributed by atoms with Crippen LogP contribution in [0.15, 0.2) is 4.90 Å². The zero-order valence-corrected chi connectivity index (χ0v) is 12.9. The van der Waals surface area contributed by atoms with E-state index in [2.05, 4.69) is 9.82 Å². The number of nitrogens with one attached hydrogen (secondary N) is 1. The Hall–Kier alpha value is -0.570. The quantitative estimate of drug-likeness (QED) is 0.813. The number of sulfonamides is 1. The van der Waals surface area contributed by atoms with Crippen LogP contribution in [-0.2, 0) is 16.6 Å². The molecule has 0 bridgehead atoms. The lowest BCUT2D eigenvalue weighted by Gasteiger charge is -2.12. The molecule has 0 saturated carbocycles. The molecular weight excluding hydrogens is 284 g/mol. The molecule has 6 nitrogen and oxygen atoms in total. The fourth-order valence-electron chi connectivity index (χ4n) is 2.32. The summed E-state index contributed by atoms with van der Waals surface area (Å²) >= 11 is 1.78. The highest BCUT2D eigenvalue weighted by molar-refractivity contribution is 7.99. The number of thioether (sulfide) groups is 1. The van der Waals surface area contributed by atoms with E-state index in [4.69, 9.17) is 5.73 Å². The van der Waals surface area contributed by atoms with Crippen molar-refractivity contribution in [3.63, 3.8) is 0 Å². The molecule has 0 amide bonds. The average molecular weight is 304 g/mol. The number of nitrogens with two attached hydrogens (primary N) is 1. The van der Waals surface area contributed by atoms with Crippen LogP contribution in [0.4, 0.5) is 0 Å². The van der Waals surface area contributed by atoms with Crippen LogP contribution in [0.2, 0.25) is 0 Å². The van der Waals surface area contributed by atoms with Gasteiger partial charge in [0.1, 0.15) is 4.90 Å². The van der Waals surface area contributed by atoms with E-state index in [1.54, 1.807) is 30.3 Å². The van der Waals surface area contributed by atoms with Crippen LogP contribution in [0.1, 0.15) is 17.8 Å². The second kappa shape index (κ2) is 5.82. The van der Waals surface area contributed by atoms with Crippen molar-refractivity contribution in [1.82, 2.24) is 14.5 Å². The van der Waals surface area contributed by atoms with Gasteiger partial charge in [0.15, 0.2) is 0 Å². The molecule has 1 aliphatic heterocycles. The first-order valence-corrected chi connectivity index (χ1v) is 8.93. The predicted molar refractivity (Wildman–Crippen MR) is 76.8 cm³/mol. The van der Waals surface area contributed by atoms with Gasteiger partial charge in [-0.15, -0.1) is 0 Å². The van der Waals surface area contributed by atoms with Gasteiger partial charge in [-0.05, 0) is 26.0 Å². The first-order chi connectivity index (χ1) is 8.95. The van der Waals surface area contributed by atoms with Crippen molar-refractivity contribution in [2.75, 3.05) is 18.1 Å². The van der Waals surface area contributed by atoms with Crippen molar-refractivity contribution < 1.29 is 8.42 Å². The largest absolute Gasteiger partial charge is 0.329 e. The first-order valence-electron chi connectivity index (χ1n) is 6.30. The van der Waals surface area contributed by atoms with Gasteiger partial charge in [-0.3, -0.25) is 4.68 Å². The van der Waals surface area contributed by atoms with Gasteiger partial charge < -0.3 is 5.73 Å². The standard InChI is InChI=1S/C11H20N4O2S2/c1-8-11(9(2)15(13-8)5-4-12)19(16,17)14-10-3-6-18-7-10/h10,14H,3-7,12H2,1-2H3. The molecule has 0 aromatic carbocycles. The summed E-state index contributed by atoms with van der Waals surface area (Å²) in [5.41, 5.74) is 6.69. The molecule has 2 rings (SSSR count). The van der Waals surface area contributed by atoms with Gasteiger partial charge >= 0.3 is 0 Å². The van der Waals surface area contributed by atoms with Gasteiger partial charge in [0.25, 0.3) is 0 Å². The number of hydrogen-bond acceptors (Lipinski definition) is 5. The molecule has 1 saturated heterocycles. The van der Waals surface area contributed by atoms with Crippen molar-refractivity contribution in [2.45, 2.75) is 37.8 Å². The Bertz CT molecular complexity index is 547. The Labute approximate surface area is 118 Å². The van der Waals surface area contributed by atoms with E-state index in [0.717, 1.165) is 17.9 Å². The Morgan fingerprint density at radius 3 is 2.84 bits per heavy atom. The molecule has 0 spiro atoms. The van der Waals surface area contributed by atoms with E-state index in [-0.39, 0.29) is 6.04 Å². The van der Waals surface area contributed by atoms with Crippen LogP contribution >= 0.6 is 11.8 Å². The van der Waals surface area contributed by atoms with Crippen LogP contribution in [-0.4, -0.2) is 42.3 Å². The summed E-state index contributed by atoms with van der Waals surface area (Å²) in [6.45, 7) is 4.46. The van der Waals surface area contributed by atoms with Crippen molar-refractivity contribution in [3.8, 4) is 0 Å². The molecule has 2 heterocycles. The summed E-state index contributed by atoms with van der Waals surface area (Å²) in [6, 6.07) is 0.0339. The normalized spacial score (nSPS) is 20.1. The van der Waals surface area contributed by atoms with Crippen molar-refractivity contribution in [1.29, 1.82) is 0 Å². The lowest BCUT2D eigenvalue weighted by atomic mass is 10.3. The van der Waals surface area contributed by atoms with Crippen LogP contribution in [0, 0.1) is 13.8 Å². The fourth-order valence-corrected chi connectivity index (χ4v) is 5.25. The lowest BCUT2D eigenvalue weighted by molar-refractivity contribution is 0.560. The minimum Gasteiger partial charge on any atom is -0.329 e. The predicted octanol–water partition coefficient (Wildman–Crippen LogP) is 0.242. The molecular formula is C11H20N4O2S2. The highest BCUT2D eigenvalue weighted by atomic mass is 32.2. The first kappa shape index (κ1) is 14.8. The summed E-state index contributed by atoms with van der Waals surface area (Å²) in [5, 5.41) is 4.25. The number of rotatable bonds is 5. The van der Waals surface area contributed by atoms with E-state index >= 15 is 0 Å². The minimum absolute atomic E-state index is 0.0339. The maximum Gasteiger partial charge on any atom is 0.244 e. The molecule has 108 valence electrons. The highest BCUT2D eigenvalue weighted by Gasteiger charge is 2.28. The molecule has 1 unspecified atom stereocenters. The molecule has 1 aromatic heterocycles. The maximum absolute atomic E-state index is 12.4. The van der Waals surface area contributed by atoms with Gasteiger partial charge in [-0.25, -0.2) is 13.1 Å². The van der Waals surface area contributed by atoms with Gasteiger partial charge in [-0.2, -0.15) is 16.9 Å². The van der Waals surface area contributed by atoms with Crippen molar-refractivity contribution in [2.24, 2.45) is 5.73 Å². The van der Waals surface area contributed by atoms with Gasteiger partial charge in [0.05, 0.1) is 17.9 Å². The second-order valence-corrected chi connectivity index (χ2v) is 7.49. The summed E-state index contributed by atoms with van der Waals surface area (Å²) in [4.78, 5) is 0.304. The summed E-state index contributed by atoms with van der Waals surface area (Å²) < 4.78 is 29.3. The fraction of sp³-hybridized carbons (Fsp3) is 0.727. The Balaban J connectivity index is 2.29. The van der Waals surface area contributed by atoms with Crippen LogP contribution in [0.25, 0.3) is 0 Å². The topological polar surface area (TPSA) is 90.0 Å². The lowest BCUT2D eigenvalue weighted by Crippen LogP contribution is -2.35. The summed E-state index contributed by atoms with van der Waals surface area (Å²) in [7, 11) is -3.49. The third-order valence-electron chi connectivity index (χ3n) is 3.18. The van der Waals surface area contributed by atoms with Crippen molar-refractivity contribution >= 4 is 21.8 Å². The van der Waals surface area contributed by atoms with E-state index in [0.29, 0.717) is 29.4 Å². The SMILES string of the molecule is Cc1nn(CCN)c(C)c1S(=O)(=O)NC1CCSC1. The van der Waals surface area contributed by atoms with Crippen LogP contribution in [0.5, 0.6) is 0 Å². The molecule has 19 heavy (non-hydrogen) atoms. The molecule has 8 heteroatoms. The van der Waals surface area contributed by atoms with E-state index in [1.165, 1.54) is 0 Å². The van der Waals surface area contributed by atoms with E-state index in [1.807, 2.05) is 0 Å². The summed E-state index contributed by atoms with van der Waals surface area (Å²) in [6.07, 6.45) is 0.888. The molecule has 0 radical (unpaired) electrons. The zero-order valence-electron chi connectivity index (χ0n) is 11.2. The monoisotopic (exact) mass is 304 g/mol. The molecule has 1 aromatic rings. The number of aromatic nitrogens is 2. The third kappa shape index (κ3) is 3.13. The van der Waals surface area contributed by atoms with Crippen LogP contribution in [0.3, 0.4) is 0 Å². The molecule has 1 fully saturated rings. The molecule has 1 atom stereocenters. The Morgan fingerprint density at radius 1 is 1.53 bits per heavy atom. The smallest absolute Gasteiger partial charge is 0.244 e. The zero-order chi connectivity index (χ0) is 14.0. The molecule has 0 aliphatic carbocycles. The van der Waals surface area contributed by atoms with Crippen LogP contribution < -0.4 is 10.5 Å². The number of aryl methyl sites for hydroxylation is 1. The maximum atomic E-state index is 12.4. The average Bonchev–Trinajstić information content (AvgIpc) is 2.88. The van der Waals surface area contributed by atoms with Crippen molar-refractivity contribution in [3.05, 3.63) is 11.4 Å². The van der Waals surface area contributed by atoms with Gasteiger partial charge in [0.2, 0.25) is 10.0 Å². The molecule has 1 aliphatic rings. The Morgan fingerprint density at radius 2 is 2.26 bits per heavy atom. The van der Waals surface area contributed by atoms with Gasteiger partial charge in [0, 0.05) is 18.3 Å². The minimum atomic E-state index is -3.49. The Kier molecular flexibility index (Phi) is 4.54. The third-order valence-corrected chi connectivity index (χ3v) is 6.11. The molecule has 3 N–H and O–H groups in total. The number of hydrogen-bond donors (Lipinski definition) is 2. The second-order valence-electron chi connectivity index (χ2n) is 4.69. The summed E-state index contributed by atoms with van der Waals surface area (Å²) in [5.74, 6) is 1.85. The highest BCUT2D eigenvalue weighted by Crippen LogP contribution is 2.23. The van der Waals surface area contributed by atoms with E-state index in [9.17, 15) is 8.42 Å². The van der Waals surface area contributed by atoms with E-state index < -0.39 is 10.0 Å². The number of nitrogens with zero attached hydrogens (tertiary/aromatic N) is 2.